The molecule has 2 rings (SSSR count). The first-order valence-electron chi connectivity index (χ1n) is 7.17. The summed E-state index contributed by atoms with van der Waals surface area (Å²) in [6, 6.07) is 0. The van der Waals surface area contributed by atoms with E-state index in [1.54, 1.807) is 0 Å². The number of guanidine groups is 1. The first kappa shape index (κ1) is 13.9. The Bertz CT molecular complexity index is 413. The van der Waals surface area contributed by atoms with Gasteiger partial charge in [0, 0.05) is 31.7 Å². The van der Waals surface area contributed by atoms with Crippen LogP contribution in [0.2, 0.25) is 0 Å². The Morgan fingerprint density at radius 2 is 2.11 bits per heavy atom. The highest BCUT2D eigenvalue weighted by Crippen LogP contribution is 2.13. The normalized spacial score (nSPS) is 16.2. The SMILES string of the molecule is CCNC(=NCCc1c(C)noc1C)N1CCCC1. The third-order valence-corrected chi connectivity index (χ3v) is 3.55. The van der Waals surface area contributed by atoms with Crippen LogP contribution in [0, 0.1) is 13.8 Å². The van der Waals surface area contributed by atoms with Crippen molar-refractivity contribution in [1.29, 1.82) is 0 Å². The van der Waals surface area contributed by atoms with E-state index in [2.05, 4.69) is 22.3 Å². The molecular weight excluding hydrogens is 240 g/mol. The molecule has 1 N–H and O–H groups in total. The largest absolute Gasteiger partial charge is 0.361 e. The van der Waals surface area contributed by atoms with Gasteiger partial charge in [-0.1, -0.05) is 5.16 Å². The van der Waals surface area contributed by atoms with E-state index in [4.69, 9.17) is 9.52 Å². The second-order valence-electron chi connectivity index (χ2n) is 4.98. The number of aliphatic imine (C=N–C) groups is 1. The van der Waals surface area contributed by atoms with Crippen molar-refractivity contribution in [1.82, 2.24) is 15.4 Å². The first-order valence-corrected chi connectivity index (χ1v) is 7.17. The summed E-state index contributed by atoms with van der Waals surface area (Å²) < 4.78 is 5.18. The van der Waals surface area contributed by atoms with Gasteiger partial charge in [-0.3, -0.25) is 4.99 Å². The predicted molar refractivity (Wildman–Crippen MR) is 76.5 cm³/mol. The molecule has 0 aliphatic carbocycles. The van der Waals surface area contributed by atoms with Crippen molar-refractivity contribution in [3.8, 4) is 0 Å². The lowest BCUT2D eigenvalue weighted by molar-refractivity contribution is 0.392. The Morgan fingerprint density at radius 1 is 1.37 bits per heavy atom. The minimum atomic E-state index is 0.779. The van der Waals surface area contributed by atoms with Crippen molar-refractivity contribution >= 4 is 5.96 Å². The number of likely N-dealkylation sites (tertiary alicyclic amines) is 1. The van der Waals surface area contributed by atoms with Crippen LogP contribution >= 0.6 is 0 Å². The fourth-order valence-corrected chi connectivity index (χ4v) is 2.49. The van der Waals surface area contributed by atoms with E-state index < -0.39 is 0 Å². The van der Waals surface area contributed by atoms with Crippen molar-refractivity contribution in [2.45, 2.75) is 40.0 Å². The zero-order chi connectivity index (χ0) is 13.7. The molecule has 19 heavy (non-hydrogen) atoms. The first-order chi connectivity index (χ1) is 9.22. The molecule has 1 fully saturated rings. The van der Waals surface area contributed by atoms with Crippen LogP contribution in [0.4, 0.5) is 0 Å². The quantitative estimate of drug-likeness (QED) is 0.666. The second kappa shape index (κ2) is 6.59. The molecule has 0 bridgehead atoms. The maximum absolute atomic E-state index is 5.18. The fraction of sp³-hybridized carbons (Fsp3) is 0.714. The van der Waals surface area contributed by atoms with Crippen molar-refractivity contribution < 1.29 is 4.52 Å². The zero-order valence-corrected chi connectivity index (χ0v) is 12.2. The van der Waals surface area contributed by atoms with Gasteiger partial charge in [0.15, 0.2) is 5.96 Å². The third kappa shape index (κ3) is 3.49. The monoisotopic (exact) mass is 264 g/mol. The molecule has 1 saturated heterocycles. The molecule has 0 saturated carbocycles. The smallest absolute Gasteiger partial charge is 0.193 e. The maximum Gasteiger partial charge on any atom is 0.193 e. The molecule has 106 valence electrons. The number of hydrogen-bond acceptors (Lipinski definition) is 3. The highest BCUT2D eigenvalue weighted by atomic mass is 16.5. The molecule has 0 spiro atoms. The minimum absolute atomic E-state index is 0.779. The Morgan fingerprint density at radius 3 is 2.68 bits per heavy atom. The highest BCUT2D eigenvalue weighted by Gasteiger charge is 2.15. The van der Waals surface area contributed by atoms with Gasteiger partial charge in [0.2, 0.25) is 0 Å². The lowest BCUT2D eigenvalue weighted by Gasteiger charge is -2.20. The molecule has 2 heterocycles. The molecule has 1 aliphatic rings. The molecule has 0 atom stereocenters. The van der Waals surface area contributed by atoms with Gasteiger partial charge in [-0.05, 0) is 40.0 Å². The highest BCUT2D eigenvalue weighted by molar-refractivity contribution is 5.80. The van der Waals surface area contributed by atoms with Gasteiger partial charge in [-0.15, -0.1) is 0 Å². The summed E-state index contributed by atoms with van der Waals surface area (Å²) in [6.45, 7) is 10.0. The summed E-state index contributed by atoms with van der Waals surface area (Å²) in [5, 5.41) is 7.35. The van der Waals surface area contributed by atoms with Crippen molar-refractivity contribution in [3.63, 3.8) is 0 Å². The molecule has 0 amide bonds. The van der Waals surface area contributed by atoms with Crippen molar-refractivity contribution in [3.05, 3.63) is 17.0 Å². The summed E-state index contributed by atoms with van der Waals surface area (Å²) >= 11 is 0. The molecule has 1 aromatic rings. The number of aryl methyl sites for hydroxylation is 2. The molecule has 0 aromatic carbocycles. The molecule has 0 radical (unpaired) electrons. The predicted octanol–water partition coefficient (Wildman–Crippen LogP) is 1.90. The summed E-state index contributed by atoms with van der Waals surface area (Å²) in [7, 11) is 0. The van der Waals surface area contributed by atoms with Gasteiger partial charge < -0.3 is 14.7 Å². The summed E-state index contributed by atoms with van der Waals surface area (Å²) in [4.78, 5) is 7.06. The fourth-order valence-electron chi connectivity index (χ4n) is 2.49. The topological polar surface area (TPSA) is 53.7 Å². The van der Waals surface area contributed by atoms with Gasteiger partial charge in [-0.25, -0.2) is 0 Å². The molecular formula is C14H24N4O. The maximum atomic E-state index is 5.18. The third-order valence-electron chi connectivity index (χ3n) is 3.55. The number of hydrogen-bond donors (Lipinski definition) is 1. The molecule has 5 nitrogen and oxygen atoms in total. The summed E-state index contributed by atoms with van der Waals surface area (Å²) in [6.07, 6.45) is 3.44. The van der Waals surface area contributed by atoms with Crippen LogP contribution in [0.3, 0.4) is 0 Å². The van der Waals surface area contributed by atoms with Gasteiger partial charge in [0.1, 0.15) is 5.76 Å². The molecule has 1 aliphatic heterocycles. The summed E-state index contributed by atoms with van der Waals surface area (Å²) in [5.41, 5.74) is 2.18. The Labute approximate surface area is 115 Å². The van der Waals surface area contributed by atoms with Gasteiger partial charge >= 0.3 is 0 Å². The van der Waals surface area contributed by atoms with Crippen molar-refractivity contribution in [2.24, 2.45) is 4.99 Å². The number of rotatable bonds is 4. The van der Waals surface area contributed by atoms with Crippen LogP contribution in [0.25, 0.3) is 0 Å². The lowest BCUT2D eigenvalue weighted by Crippen LogP contribution is -2.39. The second-order valence-corrected chi connectivity index (χ2v) is 4.98. The number of nitrogens with one attached hydrogen (secondary N) is 1. The van der Waals surface area contributed by atoms with Crippen LogP contribution in [0.1, 0.15) is 36.8 Å². The molecule has 0 unspecified atom stereocenters. The van der Waals surface area contributed by atoms with Gasteiger partial charge in [0.05, 0.1) is 5.69 Å². The van der Waals surface area contributed by atoms with Crippen LogP contribution in [0.5, 0.6) is 0 Å². The Kier molecular flexibility index (Phi) is 4.82. The average Bonchev–Trinajstić information content (AvgIpc) is 3.02. The van der Waals surface area contributed by atoms with Crippen LogP contribution in [0.15, 0.2) is 9.52 Å². The summed E-state index contributed by atoms with van der Waals surface area (Å²) in [5.74, 6) is 1.96. The Hall–Kier alpha value is -1.52. The number of aromatic nitrogens is 1. The molecule has 1 aromatic heterocycles. The molecule has 5 heteroatoms. The van der Waals surface area contributed by atoms with Crippen LogP contribution in [-0.4, -0.2) is 42.2 Å². The van der Waals surface area contributed by atoms with Gasteiger partial charge in [-0.2, -0.15) is 0 Å². The standard InChI is InChI=1S/C14H24N4O/c1-4-15-14(18-9-5-6-10-18)16-8-7-13-11(2)17-19-12(13)3/h4-10H2,1-3H3,(H,15,16). The average molecular weight is 264 g/mol. The van der Waals surface area contributed by atoms with E-state index in [-0.39, 0.29) is 0 Å². The zero-order valence-electron chi connectivity index (χ0n) is 12.2. The van der Waals surface area contributed by atoms with E-state index in [1.807, 2.05) is 13.8 Å². The van der Waals surface area contributed by atoms with Crippen LogP contribution in [-0.2, 0) is 6.42 Å². The van der Waals surface area contributed by atoms with Crippen molar-refractivity contribution in [2.75, 3.05) is 26.2 Å². The van der Waals surface area contributed by atoms with Gasteiger partial charge in [0.25, 0.3) is 0 Å². The number of nitrogens with zero attached hydrogens (tertiary/aromatic N) is 3. The van der Waals surface area contributed by atoms with Crippen LogP contribution < -0.4 is 5.32 Å². The lowest BCUT2D eigenvalue weighted by atomic mass is 10.1. The van der Waals surface area contributed by atoms with E-state index in [0.717, 1.165) is 50.0 Å². The van der Waals surface area contributed by atoms with E-state index in [9.17, 15) is 0 Å². The Balaban J connectivity index is 1.94. The van der Waals surface area contributed by atoms with E-state index >= 15 is 0 Å². The minimum Gasteiger partial charge on any atom is -0.361 e. The van der Waals surface area contributed by atoms with E-state index in [1.165, 1.54) is 18.4 Å². The van der Waals surface area contributed by atoms with E-state index in [0.29, 0.717) is 0 Å².